The number of amides is 2. The van der Waals surface area contributed by atoms with Gasteiger partial charge in [-0.1, -0.05) is 18.2 Å². The van der Waals surface area contributed by atoms with E-state index in [9.17, 15) is 4.79 Å². The summed E-state index contributed by atoms with van der Waals surface area (Å²) >= 11 is 0. The van der Waals surface area contributed by atoms with E-state index in [1.165, 1.54) is 0 Å². The lowest BCUT2D eigenvalue weighted by molar-refractivity contribution is 0.240. The Hall–Kier alpha value is -3.15. The molecule has 3 N–H and O–H groups in total. The summed E-state index contributed by atoms with van der Waals surface area (Å²) in [4.78, 5) is 20.3. The van der Waals surface area contributed by atoms with Crippen molar-refractivity contribution in [2.24, 2.45) is 0 Å². The maximum Gasteiger partial charge on any atom is 0.315 e. The minimum absolute atomic E-state index is 0.163. The zero-order chi connectivity index (χ0) is 17.3. The zero-order valence-electron chi connectivity index (χ0n) is 13.9. The second-order valence-electron chi connectivity index (χ2n) is 5.64. The van der Waals surface area contributed by atoms with Crippen LogP contribution in [0.4, 0.5) is 10.6 Å². The van der Waals surface area contributed by atoms with Gasteiger partial charge in [0.1, 0.15) is 5.82 Å². The summed E-state index contributed by atoms with van der Waals surface area (Å²) in [6.45, 7) is 1.85. The van der Waals surface area contributed by atoms with Crippen molar-refractivity contribution >= 4 is 22.8 Å². The van der Waals surface area contributed by atoms with Crippen LogP contribution in [-0.2, 0) is 6.54 Å². The zero-order valence-corrected chi connectivity index (χ0v) is 13.9. The van der Waals surface area contributed by atoms with Gasteiger partial charge in [-0.3, -0.25) is 4.98 Å². The second-order valence-corrected chi connectivity index (χ2v) is 5.64. The quantitative estimate of drug-likeness (QED) is 0.580. The highest BCUT2D eigenvalue weighted by Crippen LogP contribution is 2.12. The molecule has 1 aromatic carbocycles. The largest absolute Gasteiger partial charge is 0.370 e. The fraction of sp³-hybridized carbons (Fsp3) is 0.211. The number of fused-ring (bicyclic) bond motifs is 1. The van der Waals surface area contributed by atoms with E-state index < -0.39 is 0 Å². The molecule has 2 aromatic heterocycles. The lowest BCUT2D eigenvalue weighted by atomic mass is 10.1. The summed E-state index contributed by atoms with van der Waals surface area (Å²) in [5, 5.41) is 10.00. The summed E-state index contributed by atoms with van der Waals surface area (Å²) < 4.78 is 0. The molecule has 2 amide bonds. The van der Waals surface area contributed by atoms with Gasteiger partial charge in [0.2, 0.25) is 0 Å². The van der Waals surface area contributed by atoms with Gasteiger partial charge >= 0.3 is 6.03 Å². The maximum atomic E-state index is 11.8. The number of anilines is 1. The van der Waals surface area contributed by atoms with E-state index in [0.29, 0.717) is 13.1 Å². The first-order chi connectivity index (χ1) is 12.3. The number of rotatable bonds is 7. The van der Waals surface area contributed by atoms with E-state index in [1.807, 2.05) is 48.5 Å². The number of nitrogens with zero attached hydrogens (tertiary/aromatic N) is 2. The molecule has 6 heteroatoms. The molecule has 0 fully saturated rings. The van der Waals surface area contributed by atoms with Crippen molar-refractivity contribution in [3.05, 3.63) is 66.5 Å². The molecule has 0 atom stereocenters. The monoisotopic (exact) mass is 335 g/mol. The van der Waals surface area contributed by atoms with Crippen LogP contribution in [0.3, 0.4) is 0 Å². The summed E-state index contributed by atoms with van der Waals surface area (Å²) in [7, 11) is 0. The van der Waals surface area contributed by atoms with Crippen LogP contribution in [0.2, 0.25) is 0 Å². The van der Waals surface area contributed by atoms with Gasteiger partial charge in [-0.2, -0.15) is 0 Å². The maximum absolute atomic E-state index is 11.8. The Morgan fingerprint density at radius 2 is 1.84 bits per heavy atom. The van der Waals surface area contributed by atoms with Crippen LogP contribution in [0.15, 0.2) is 60.9 Å². The van der Waals surface area contributed by atoms with Crippen molar-refractivity contribution in [1.82, 2.24) is 20.6 Å². The van der Waals surface area contributed by atoms with Crippen molar-refractivity contribution in [3.8, 4) is 0 Å². The van der Waals surface area contributed by atoms with Gasteiger partial charge in [0.25, 0.3) is 0 Å². The van der Waals surface area contributed by atoms with E-state index in [1.54, 1.807) is 12.4 Å². The summed E-state index contributed by atoms with van der Waals surface area (Å²) in [6, 6.07) is 15.5. The third kappa shape index (κ3) is 5.17. The normalized spacial score (nSPS) is 10.4. The molecule has 0 aliphatic carbocycles. The van der Waals surface area contributed by atoms with Gasteiger partial charge < -0.3 is 16.0 Å². The van der Waals surface area contributed by atoms with Gasteiger partial charge in [0, 0.05) is 37.4 Å². The van der Waals surface area contributed by atoms with Gasteiger partial charge in [0.05, 0.1) is 5.52 Å². The third-order valence-electron chi connectivity index (χ3n) is 3.73. The summed E-state index contributed by atoms with van der Waals surface area (Å²) in [6.07, 6.45) is 4.35. The number of nitrogens with one attached hydrogen (secondary N) is 3. The molecule has 0 saturated heterocycles. The van der Waals surface area contributed by atoms with E-state index in [4.69, 9.17) is 0 Å². The average Bonchev–Trinajstić information content (AvgIpc) is 2.67. The number of aromatic nitrogens is 2. The van der Waals surface area contributed by atoms with E-state index in [2.05, 4.69) is 25.9 Å². The van der Waals surface area contributed by atoms with Crippen LogP contribution in [0, 0.1) is 0 Å². The van der Waals surface area contributed by atoms with Crippen LogP contribution >= 0.6 is 0 Å². The third-order valence-corrected chi connectivity index (χ3v) is 3.73. The highest BCUT2D eigenvalue weighted by molar-refractivity contribution is 5.79. The number of hydrogen-bond donors (Lipinski definition) is 3. The molecule has 0 radical (unpaired) electrons. The highest BCUT2D eigenvalue weighted by atomic mass is 16.2. The molecule has 25 heavy (non-hydrogen) atoms. The predicted molar refractivity (Wildman–Crippen MR) is 99.3 cm³/mol. The first kappa shape index (κ1) is 16.7. The molecule has 3 aromatic rings. The van der Waals surface area contributed by atoms with Crippen LogP contribution in [0.25, 0.3) is 10.9 Å². The van der Waals surface area contributed by atoms with Gasteiger partial charge in [-0.15, -0.1) is 0 Å². The molecule has 2 heterocycles. The van der Waals surface area contributed by atoms with Crippen LogP contribution in [0.5, 0.6) is 0 Å². The smallest absolute Gasteiger partial charge is 0.315 e. The highest BCUT2D eigenvalue weighted by Gasteiger charge is 2.01. The molecule has 0 saturated carbocycles. The van der Waals surface area contributed by atoms with E-state index >= 15 is 0 Å². The topological polar surface area (TPSA) is 78.9 Å². The predicted octanol–water partition coefficient (Wildman–Crippen LogP) is 2.93. The average molecular weight is 335 g/mol. The number of hydrogen-bond acceptors (Lipinski definition) is 4. The molecular formula is C19H21N5O. The number of urea groups is 1. The fourth-order valence-electron chi connectivity index (χ4n) is 2.45. The van der Waals surface area contributed by atoms with Crippen molar-refractivity contribution in [3.63, 3.8) is 0 Å². The molecule has 0 spiro atoms. The van der Waals surface area contributed by atoms with E-state index in [-0.39, 0.29) is 6.03 Å². The second kappa shape index (κ2) is 8.63. The number of carbonyl (C=O) groups is 1. The van der Waals surface area contributed by atoms with Crippen molar-refractivity contribution < 1.29 is 4.79 Å². The van der Waals surface area contributed by atoms with E-state index in [0.717, 1.165) is 35.2 Å². The molecular weight excluding hydrogens is 314 g/mol. The SMILES string of the molecule is O=C(NCCCNc1ccccn1)NCc1ccc2ncccc2c1. The molecule has 0 unspecified atom stereocenters. The van der Waals surface area contributed by atoms with Crippen LogP contribution in [0.1, 0.15) is 12.0 Å². The van der Waals surface area contributed by atoms with Crippen molar-refractivity contribution in [2.75, 3.05) is 18.4 Å². The molecule has 6 nitrogen and oxygen atoms in total. The van der Waals surface area contributed by atoms with Gasteiger partial charge in [-0.05, 0) is 42.3 Å². The number of carbonyl (C=O) groups excluding carboxylic acids is 1. The number of benzene rings is 1. The molecule has 0 aliphatic rings. The molecule has 3 rings (SSSR count). The molecule has 128 valence electrons. The van der Waals surface area contributed by atoms with Crippen LogP contribution < -0.4 is 16.0 Å². The molecule has 0 aliphatic heterocycles. The van der Waals surface area contributed by atoms with Crippen LogP contribution in [-0.4, -0.2) is 29.1 Å². The Labute approximate surface area is 146 Å². The molecule has 0 bridgehead atoms. The number of pyridine rings is 2. The summed E-state index contributed by atoms with van der Waals surface area (Å²) in [5.41, 5.74) is 2.00. The lowest BCUT2D eigenvalue weighted by Gasteiger charge is -2.09. The Kier molecular flexibility index (Phi) is 5.77. The Morgan fingerprint density at radius 1 is 0.920 bits per heavy atom. The van der Waals surface area contributed by atoms with Gasteiger partial charge in [0.15, 0.2) is 0 Å². The minimum atomic E-state index is -0.163. The Morgan fingerprint density at radius 3 is 2.72 bits per heavy atom. The minimum Gasteiger partial charge on any atom is -0.370 e. The first-order valence-corrected chi connectivity index (χ1v) is 8.31. The van der Waals surface area contributed by atoms with Gasteiger partial charge in [-0.25, -0.2) is 9.78 Å². The Bertz CT molecular complexity index is 822. The fourth-order valence-corrected chi connectivity index (χ4v) is 2.45. The van der Waals surface area contributed by atoms with Crippen molar-refractivity contribution in [1.29, 1.82) is 0 Å². The summed E-state index contributed by atoms with van der Waals surface area (Å²) in [5.74, 6) is 0.845. The standard InChI is InChI=1S/C19H21N5O/c25-19(23-12-4-11-22-18-6-1-2-9-21-18)24-14-15-7-8-17-16(13-15)5-3-10-20-17/h1-3,5-10,13H,4,11-12,14H2,(H,21,22)(H2,23,24,25). The first-order valence-electron chi connectivity index (χ1n) is 8.31. The Balaban J connectivity index is 1.34. The van der Waals surface area contributed by atoms with Crippen molar-refractivity contribution in [2.45, 2.75) is 13.0 Å². The lowest BCUT2D eigenvalue weighted by Crippen LogP contribution is -2.36.